The summed E-state index contributed by atoms with van der Waals surface area (Å²) in [6.45, 7) is 3.97. The average molecular weight is 366 g/mol. The Morgan fingerprint density at radius 2 is 2.00 bits per heavy atom. The van der Waals surface area contributed by atoms with Crippen LogP contribution in [-0.4, -0.2) is 46.0 Å². The highest BCUT2D eigenvalue weighted by molar-refractivity contribution is 7.14. The molecule has 0 spiro atoms. The Labute approximate surface area is 157 Å². The Morgan fingerprint density at radius 3 is 2.73 bits per heavy atom. The van der Waals surface area contributed by atoms with Gasteiger partial charge in [0.05, 0.1) is 0 Å². The van der Waals surface area contributed by atoms with Crippen molar-refractivity contribution in [2.75, 3.05) is 20.1 Å². The number of nitrogens with zero attached hydrogens (tertiary/aromatic N) is 4. The molecule has 1 saturated heterocycles. The Kier molecular flexibility index (Phi) is 4.78. The predicted octanol–water partition coefficient (Wildman–Crippen LogP) is 3.52. The first kappa shape index (κ1) is 17.2. The second-order valence-corrected chi connectivity index (χ2v) is 8.27. The Hall–Kier alpha value is -2.18. The molecule has 0 bridgehead atoms. The molecule has 134 valence electrons. The third-order valence-electron chi connectivity index (χ3n) is 5.08. The third kappa shape index (κ3) is 3.66. The van der Waals surface area contributed by atoms with Crippen LogP contribution in [0.3, 0.4) is 0 Å². The summed E-state index contributed by atoms with van der Waals surface area (Å²) in [5.41, 5.74) is 1.91. The van der Waals surface area contributed by atoms with Gasteiger partial charge in [0.15, 0.2) is 0 Å². The van der Waals surface area contributed by atoms with E-state index in [9.17, 15) is 4.79 Å². The number of piperidine rings is 1. The van der Waals surface area contributed by atoms with Gasteiger partial charge >= 0.3 is 0 Å². The molecule has 4 rings (SSSR count). The van der Waals surface area contributed by atoms with E-state index in [1.165, 1.54) is 0 Å². The number of fused-ring (bicyclic) bond motifs is 1. The van der Waals surface area contributed by atoms with Crippen LogP contribution in [0, 0.1) is 12.8 Å². The lowest BCUT2D eigenvalue weighted by molar-refractivity contribution is -0.123. The lowest BCUT2D eigenvalue weighted by atomic mass is 9.90. The minimum absolute atomic E-state index is 0.180. The second kappa shape index (κ2) is 7.21. The third-order valence-corrected chi connectivity index (χ3v) is 5.97. The van der Waals surface area contributed by atoms with E-state index in [1.54, 1.807) is 11.3 Å². The van der Waals surface area contributed by atoms with E-state index in [0.717, 1.165) is 58.0 Å². The lowest BCUT2D eigenvalue weighted by Crippen LogP contribution is -2.34. The van der Waals surface area contributed by atoms with E-state index in [1.807, 2.05) is 25.3 Å². The van der Waals surface area contributed by atoms with Gasteiger partial charge < -0.3 is 4.90 Å². The van der Waals surface area contributed by atoms with E-state index in [-0.39, 0.29) is 5.92 Å². The Balaban J connectivity index is 1.55. The first-order valence-electron chi connectivity index (χ1n) is 8.99. The molecule has 3 heterocycles. The average Bonchev–Trinajstić information content (AvgIpc) is 3.08. The van der Waals surface area contributed by atoms with Gasteiger partial charge in [-0.3, -0.25) is 9.78 Å². The molecule has 0 unspecified atom stereocenters. The van der Waals surface area contributed by atoms with Crippen LogP contribution in [0.1, 0.15) is 23.5 Å². The largest absolute Gasteiger partial charge is 0.306 e. The van der Waals surface area contributed by atoms with Crippen molar-refractivity contribution in [3.05, 3.63) is 41.2 Å². The molecule has 6 heteroatoms. The number of benzene rings is 1. The van der Waals surface area contributed by atoms with Crippen LogP contribution >= 0.6 is 11.3 Å². The van der Waals surface area contributed by atoms with E-state index in [2.05, 4.69) is 39.3 Å². The number of aryl methyl sites for hydroxylation is 1. The van der Waals surface area contributed by atoms with Crippen LogP contribution in [0.2, 0.25) is 0 Å². The summed E-state index contributed by atoms with van der Waals surface area (Å²) in [6.07, 6.45) is 4.21. The lowest BCUT2D eigenvalue weighted by Gasteiger charge is -2.27. The van der Waals surface area contributed by atoms with Crippen molar-refractivity contribution >= 4 is 27.9 Å². The summed E-state index contributed by atoms with van der Waals surface area (Å²) in [4.78, 5) is 19.4. The normalized spacial score (nSPS) is 16.2. The minimum Gasteiger partial charge on any atom is -0.306 e. The maximum absolute atomic E-state index is 12.6. The number of Topliss-reactive ketones (excluding diaryl/α,β-unsaturated/α-hetero) is 1. The Bertz CT molecular complexity index is 944. The zero-order chi connectivity index (χ0) is 18.1. The standard InChI is InChI=1S/C20H22N4OS/c1-13-22-23-20(26-13)15-3-4-16-12-21-18(10-17(16)9-15)11-19(25)14-5-7-24(2)8-6-14/h3-4,9-10,12,14H,5-8,11H2,1-2H3. The molecule has 2 aromatic heterocycles. The molecule has 0 N–H and O–H groups in total. The predicted molar refractivity (Wildman–Crippen MR) is 104 cm³/mol. The van der Waals surface area contributed by atoms with Crippen molar-refractivity contribution in [1.29, 1.82) is 0 Å². The number of pyridine rings is 1. The fourth-order valence-electron chi connectivity index (χ4n) is 3.48. The van der Waals surface area contributed by atoms with Crippen LogP contribution < -0.4 is 0 Å². The summed E-state index contributed by atoms with van der Waals surface area (Å²) in [5, 5.41) is 12.4. The number of ketones is 1. The SMILES string of the molecule is Cc1nnc(-c2ccc3cnc(CC(=O)C4CCN(C)CC4)cc3c2)s1. The zero-order valence-corrected chi connectivity index (χ0v) is 15.9. The van der Waals surface area contributed by atoms with Crippen LogP contribution in [0.4, 0.5) is 0 Å². The zero-order valence-electron chi connectivity index (χ0n) is 15.1. The van der Waals surface area contributed by atoms with Gasteiger partial charge in [-0.25, -0.2) is 0 Å². The van der Waals surface area contributed by atoms with Crippen molar-refractivity contribution in [2.24, 2.45) is 5.92 Å². The number of aromatic nitrogens is 3. The quantitative estimate of drug-likeness (QED) is 0.707. The second-order valence-electron chi connectivity index (χ2n) is 7.08. The van der Waals surface area contributed by atoms with E-state index < -0.39 is 0 Å². The van der Waals surface area contributed by atoms with E-state index in [4.69, 9.17) is 0 Å². The van der Waals surface area contributed by atoms with Crippen molar-refractivity contribution in [3.8, 4) is 10.6 Å². The first-order chi connectivity index (χ1) is 12.6. The molecule has 1 aromatic carbocycles. The topological polar surface area (TPSA) is 59.0 Å². The van der Waals surface area contributed by atoms with Gasteiger partial charge in [0.25, 0.3) is 0 Å². The van der Waals surface area contributed by atoms with Gasteiger partial charge in [-0.1, -0.05) is 23.5 Å². The van der Waals surface area contributed by atoms with E-state index >= 15 is 0 Å². The first-order valence-corrected chi connectivity index (χ1v) is 9.80. The molecule has 1 aliphatic rings. The maximum atomic E-state index is 12.6. The highest BCUT2D eigenvalue weighted by Gasteiger charge is 2.23. The fourth-order valence-corrected chi connectivity index (χ4v) is 4.17. The molecular formula is C20H22N4OS. The number of likely N-dealkylation sites (tertiary alicyclic amines) is 1. The molecule has 0 atom stereocenters. The monoisotopic (exact) mass is 366 g/mol. The van der Waals surface area contributed by atoms with Crippen LogP contribution in [-0.2, 0) is 11.2 Å². The number of hydrogen-bond donors (Lipinski definition) is 0. The van der Waals surface area contributed by atoms with Crippen LogP contribution in [0.15, 0.2) is 30.5 Å². The van der Waals surface area contributed by atoms with Crippen LogP contribution in [0.5, 0.6) is 0 Å². The highest BCUT2D eigenvalue weighted by Crippen LogP contribution is 2.27. The number of rotatable bonds is 4. The number of hydrogen-bond acceptors (Lipinski definition) is 6. The molecule has 0 aliphatic carbocycles. The van der Waals surface area contributed by atoms with E-state index in [0.29, 0.717) is 12.2 Å². The van der Waals surface area contributed by atoms with Crippen molar-refractivity contribution in [3.63, 3.8) is 0 Å². The molecule has 0 amide bonds. The summed E-state index contributed by atoms with van der Waals surface area (Å²) in [6, 6.07) is 8.25. The van der Waals surface area contributed by atoms with Gasteiger partial charge in [0, 0.05) is 35.2 Å². The summed E-state index contributed by atoms with van der Waals surface area (Å²) >= 11 is 1.59. The molecule has 5 nitrogen and oxygen atoms in total. The highest BCUT2D eigenvalue weighted by atomic mass is 32.1. The van der Waals surface area contributed by atoms with Crippen molar-refractivity contribution in [2.45, 2.75) is 26.2 Å². The smallest absolute Gasteiger partial charge is 0.147 e. The minimum atomic E-state index is 0.180. The summed E-state index contributed by atoms with van der Waals surface area (Å²) in [7, 11) is 2.11. The van der Waals surface area contributed by atoms with Crippen molar-refractivity contribution < 1.29 is 4.79 Å². The molecule has 26 heavy (non-hydrogen) atoms. The number of carbonyl (C=O) groups is 1. The van der Waals surface area contributed by atoms with Gasteiger partial charge in [-0.2, -0.15) is 0 Å². The molecule has 1 fully saturated rings. The summed E-state index contributed by atoms with van der Waals surface area (Å²) < 4.78 is 0. The maximum Gasteiger partial charge on any atom is 0.147 e. The van der Waals surface area contributed by atoms with Gasteiger partial charge in [0.2, 0.25) is 0 Å². The fraction of sp³-hybridized carbons (Fsp3) is 0.400. The molecule has 3 aromatic rings. The van der Waals surface area contributed by atoms with Gasteiger partial charge in [0.1, 0.15) is 15.8 Å². The van der Waals surface area contributed by atoms with Gasteiger partial charge in [-0.15, -0.1) is 10.2 Å². The number of carbonyl (C=O) groups excluding carboxylic acids is 1. The Morgan fingerprint density at radius 1 is 1.19 bits per heavy atom. The molecular weight excluding hydrogens is 344 g/mol. The van der Waals surface area contributed by atoms with Gasteiger partial charge in [-0.05, 0) is 57.4 Å². The van der Waals surface area contributed by atoms with Crippen LogP contribution in [0.25, 0.3) is 21.3 Å². The molecule has 1 aliphatic heterocycles. The molecule has 0 saturated carbocycles. The molecule has 0 radical (unpaired) electrons. The van der Waals surface area contributed by atoms with Crippen molar-refractivity contribution in [1.82, 2.24) is 20.1 Å². The summed E-state index contributed by atoms with van der Waals surface area (Å²) in [5.74, 6) is 0.500.